The predicted octanol–water partition coefficient (Wildman–Crippen LogP) is 2.04. The number of carbonyl (C=O) groups excluding carboxylic acids is 1. The number of amides is 1. The highest BCUT2D eigenvalue weighted by molar-refractivity contribution is 5.84. The van der Waals surface area contributed by atoms with Gasteiger partial charge in [0, 0.05) is 6.42 Å². The van der Waals surface area contributed by atoms with Crippen molar-refractivity contribution in [1.82, 2.24) is 5.32 Å². The minimum Gasteiger partial charge on any atom is -0.480 e. The molecule has 0 saturated carbocycles. The number of hydrogen-bond acceptors (Lipinski definition) is 2. The first-order chi connectivity index (χ1) is 9.61. The van der Waals surface area contributed by atoms with E-state index >= 15 is 0 Å². The number of benzene rings is 1. The summed E-state index contributed by atoms with van der Waals surface area (Å²) in [5, 5.41) is 11.0. The van der Waals surface area contributed by atoms with Gasteiger partial charge in [0.05, 0.1) is 0 Å². The first-order valence-electron chi connectivity index (χ1n) is 6.77. The van der Waals surface area contributed by atoms with Crippen molar-refractivity contribution >= 4 is 11.9 Å². The second kappa shape index (κ2) is 6.50. The van der Waals surface area contributed by atoms with Gasteiger partial charge in [0.15, 0.2) is 6.04 Å². The van der Waals surface area contributed by atoms with Gasteiger partial charge < -0.3 is 10.4 Å². The van der Waals surface area contributed by atoms with Crippen LogP contribution >= 0.6 is 0 Å². The van der Waals surface area contributed by atoms with Crippen LogP contribution in [0.25, 0.3) is 0 Å². The summed E-state index contributed by atoms with van der Waals surface area (Å²) in [4.78, 5) is 22.6. The average molecular weight is 279 g/mol. The van der Waals surface area contributed by atoms with Crippen LogP contribution in [0.15, 0.2) is 24.3 Å². The summed E-state index contributed by atoms with van der Waals surface area (Å²) in [6.45, 7) is -1.09. The molecular formula is C15H18FNO3. The maximum Gasteiger partial charge on any atom is 0.328 e. The highest BCUT2D eigenvalue weighted by Gasteiger charge is 2.25. The lowest BCUT2D eigenvalue weighted by Crippen LogP contribution is -2.42. The Hall–Kier alpha value is -1.91. The third kappa shape index (κ3) is 3.35. The molecule has 108 valence electrons. The van der Waals surface area contributed by atoms with E-state index in [1.54, 1.807) is 0 Å². The van der Waals surface area contributed by atoms with Gasteiger partial charge in [-0.05, 0) is 36.3 Å². The van der Waals surface area contributed by atoms with Crippen LogP contribution in [0.2, 0.25) is 0 Å². The summed E-state index contributed by atoms with van der Waals surface area (Å²) in [6.07, 6.45) is 3.13. The minimum absolute atomic E-state index is 0.0917. The lowest BCUT2D eigenvalue weighted by Gasteiger charge is -2.25. The molecule has 0 spiro atoms. The monoisotopic (exact) mass is 279 g/mol. The molecule has 2 N–H and O–H groups in total. The summed E-state index contributed by atoms with van der Waals surface area (Å²) < 4.78 is 12.5. The smallest absolute Gasteiger partial charge is 0.328 e. The van der Waals surface area contributed by atoms with Crippen LogP contribution < -0.4 is 5.32 Å². The molecule has 4 nitrogen and oxygen atoms in total. The number of aliphatic carboxylic acids is 1. The van der Waals surface area contributed by atoms with Crippen molar-refractivity contribution in [2.45, 2.75) is 37.6 Å². The van der Waals surface area contributed by atoms with Crippen LogP contribution in [0.1, 0.15) is 36.3 Å². The molecule has 1 aromatic rings. The molecule has 0 saturated heterocycles. The van der Waals surface area contributed by atoms with Gasteiger partial charge in [-0.3, -0.25) is 4.79 Å². The van der Waals surface area contributed by atoms with E-state index in [-0.39, 0.29) is 12.3 Å². The third-order valence-corrected chi connectivity index (χ3v) is 3.71. The Morgan fingerprint density at radius 1 is 1.40 bits per heavy atom. The van der Waals surface area contributed by atoms with Gasteiger partial charge in [0.25, 0.3) is 0 Å². The molecule has 0 heterocycles. The summed E-state index contributed by atoms with van der Waals surface area (Å²) in [7, 11) is 0. The lowest BCUT2D eigenvalue weighted by atomic mass is 9.81. The average Bonchev–Trinajstić information content (AvgIpc) is 2.45. The van der Waals surface area contributed by atoms with Crippen LogP contribution in [-0.2, 0) is 16.0 Å². The molecule has 1 amide bonds. The molecule has 0 aliphatic heterocycles. The van der Waals surface area contributed by atoms with Crippen LogP contribution in [0.4, 0.5) is 4.39 Å². The van der Waals surface area contributed by atoms with Gasteiger partial charge in [-0.2, -0.15) is 0 Å². The van der Waals surface area contributed by atoms with Crippen LogP contribution in [0, 0.1) is 0 Å². The third-order valence-electron chi connectivity index (χ3n) is 3.71. The van der Waals surface area contributed by atoms with E-state index in [4.69, 9.17) is 5.11 Å². The van der Waals surface area contributed by atoms with Gasteiger partial charge in [0.1, 0.15) is 6.67 Å². The summed E-state index contributed by atoms with van der Waals surface area (Å²) >= 11 is 0. The number of halogens is 1. The Kier molecular flexibility index (Phi) is 4.71. The van der Waals surface area contributed by atoms with Crippen LogP contribution in [0.5, 0.6) is 0 Å². The fourth-order valence-electron chi connectivity index (χ4n) is 2.71. The summed E-state index contributed by atoms with van der Waals surface area (Å²) in [5.74, 6) is -1.66. The zero-order valence-corrected chi connectivity index (χ0v) is 11.1. The molecule has 1 aliphatic rings. The molecule has 5 heteroatoms. The van der Waals surface area contributed by atoms with E-state index in [9.17, 15) is 14.0 Å². The van der Waals surface area contributed by atoms with Gasteiger partial charge in [-0.15, -0.1) is 0 Å². The van der Waals surface area contributed by atoms with Gasteiger partial charge in [-0.25, -0.2) is 9.18 Å². The number of aryl methyl sites for hydroxylation is 1. The number of carboxylic acids is 1. The summed E-state index contributed by atoms with van der Waals surface area (Å²) in [6, 6.07) is 6.54. The van der Waals surface area contributed by atoms with Crippen LogP contribution in [0.3, 0.4) is 0 Å². The topological polar surface area (TPSA) is 66.4 Å². The highest BCUT2D eigenvalue weighted by Crippen LogP contribution is 2.33. The van der Waals surface area contributed by atoms with Crippen molar-refractivity contribution in [1.29, 1.82) is 0 Å². The number of fused-ring (bicyclic) bond motifs is 1. The molecule has 0 radical (unpaired) electrons. The highest BCUT2D eigenvalue weighted by atomic mass is 19.1. The number of carbonyl (C=O) groups is 2. The maximum atomic E-state index is 12.5. The minimum atomic E-state index is -1.44. The Balaban J connectivity index is 2.01. The van der Waals surface area contributed by atoms with Crippen molar-refractivity contribution in [3.05, 3.63) is 35.4 Å². The Morgan fingerprint density at radius 2 is 2.15 bits per heavy atom. The van der Waals surface area contributed by atoms with Crippen molar-refractivity contribution < 1.29 is 19.1 Å². The molecule has 2 unspecified atom stereocenters. The molecule has 0 bridgehead atoms. The van der Waals surface area contributed by atoms with E-state index in [1.165, 1.54) is 5.56 Å². The van der Waals surface area contributed by atoms with Gasteiger partial charge >= 0.3 is 5.97 Å². The predicted molar refractivity (Wildman–Crippen MR) is 72.3 cm³/mol. The second-order valence-corrected chi connectivity index (χ2v) is 5.10. The normalized spacial score (nSPS) is 18.9. The van der Waals surface area contributed by atoms with Crippen molar-refractivity contribution in [2.75, 3.05) is 6.67 Å². The number of carboxylic acid groups (broad SMARTS) is 1. The molecule has 1 aliphatic carbocycles. The van der Waals surface area contributed by atoms with Crippen molar-refractivity contribution in [3.63, 3.8) is 0 Å². The Labute approximate surface area is 117 Å². The molecule has 2 rings (SSSR count). The van der Waals surface area contributed by atoms with Crippen molar-refractivity contribution in [2.24, 2.45) is 0 Å². The molecule has 2 atom stereocenters. The fraction of sp³-hybridized carbons (Fsp3) is 0.467. The Morgan fingerprint density at radius 3 is 2.85 bits per heavy atom. The first-order valence-corrected chi connectivity index (χ1v) is 6.77. The van der Waals surface area contributed by atoms with E-state index in [0.717, 1.165) is 24.8 Å². The zero-order valence-electron chi connectivity index (χ0n) is 11.1. The van der Waals surface area contributed by atoms with E-state index in [2.05, 4.69) is 11.4 Å². The molecule has 0 fully saturated rings. The standard InChI is InChI=1S/C15H18FNO3/c16-9-13(15(19)20)17-14(18)8-11-6-3-5-10-4-1-2-7-12(10)11/h1-2,4,7,11,13H,3,5-6,8-9H2,(H,17,18)(H,19,20). The van der Waals surface area contributed by atoms with E-state index in [0.29, 0.717) is 0 Å². The SMILES string of the molecule is O=C(CC1CCCc2ccccc21)NC(CF)C(=O)O. The molecule has 1 aromatic carbocycles. The fourth-order valence-corrected chi connectivity index (χ4v) is 2.71. The van der Waals surface area contributed by atoms with E-state index in [1.807, 2.05) is 18.2 Å². The Bertz CT molecular complexity index is 504. The molecular weight excluding hydrogens is 261 g/mol. The van der Waals surface area contributed by atoms with Gasteiger partial charge in [-0.1, -0.05) is 24.3 Å². The van der Waals surface area contributed by atoms with Gasteiger partial charge in [0.2, 0.25) is 5.91 Å². The first kappa shape index (κ1) is 14.5. The van der Waals surface area contributed by atoms with Crippen LogP contribution in [-0.4, -0.2) is 29.7 Å². The number of nitrogens with one attached hydrogen (secondary N) is 1. The molecule has 20 heavy (non-hydrogen) atoms. The van der Waals surface area contributed by atoms with Crippen molar-refractivity contribution in [3.8, 4) is 0 Å². The maximum absolute atomic E-state index is 12.5. The second-order valence-electron chi connectivity index (χ2n) is 5.10. The summed E-state index contributed by atoms with van der Waals surface area (Å²) in [5.41, 5.74) is 2.40. The number of rotatable bonds is 5. The largest absolute Gasteiger partial charge is 0.480 e. The lowest BCUT2D eigenvalue weighted by molar-refractivity contribution is -0.142. The molecule has 0 aromatic heterocycles. The zero-order chi connectivity index (χ0) is 14.5. The number of hydrogen-bond donors (Lipinski definition) is 2. The van der Waals surface area contributed by atoms with E-state index < -0.39 is 24.6 Å². The quantitative estimate of drug-likeness (QED) is 0.866. The number of alkyl halides is 1.